The molecule has 24 heavy (non-hydrogen) atoms. The second kappa shape index (κ2) is 7.88. The number of guanidine groups is 1. The van der Waals surface area contributed by atoms with Crippen LogP contribution in [0, 0.1) is 0 Å². The third kappa shape index (κ3) is 4.09. The van der Waals surface area contributed by atoms with E-state index in [0.717, 1.165) is 36.0 Å². The molecule has 0 aliphatic carbocycles. The average molecular weight is 341 g/mol. The van der Waals surface area contributed by atoms with Crippen molar-refractivity contribution < 1.29 is 0 Å². The summed E-state index contributed by atoms with van der Waals surface area (Å²) in [4.78, 5) is 7.55. The van der Waals surface area contributed by atoms with Crippen molar-refractivity contribution in [2.24, 2.45) is 4.99 Å². The topological polar surface area (TPSA) is 52.2 Å². The van der Waals surface area contributed by atoms with E-state index in [-0.39, 0.29) is 0 Å². The van der Waals surface area contributed by atoms with Crippen LogP contribution in [0.15, 0.2) is 59.7 Å². The van der Waals surface area contributed by atoms with Crippen LogP contribution in [0.5, 0.6) is 0 Å². The summed E-state index contributed by atoms with van der Waals surface area (Å²) in [6, 6.07) is 16.2. The molecule has 0 atom stereocenters. The Morgan fingerprint density at radius 2 is 1.96 bits per heavy atom. The van der Waals surface area contributed by atoms with Gasteiger partial charge in [0.05, 0.1) is 0 Å². The van der Waals surface area contributed by atoms with Crippen LogP contribution in [0.1, 0.15) is 11.1 Å². The Bertz CT molecular complexity index is 824. The summed E-state index contributed by atoms with van der Waals surface area (Å²) in [7, 11) is 1.78. The number of hydrogen-bond acceptors (Lipinski definition) is 1. The molecule has 0 fully saturated rings. The lowest BCUT2D eigenvalue weighted by Gasteiger charge is -2.11. The normalized spacial score (nSPS) is 11.7. The Hall–Kier alpha value is -2.46. The van der Waals surface area contributed by atoms with Gasteiger partial charge >= 0.3 is 0 Å². The van der Waals surface area contributed by atoms with E-state index in [2.05, 4.69) is 32.7 Å². The molecular weight excluding hydrogens is 320 g/mol. The largest absolute Gasteiger partial charge is 0.361 e. The average Bonchev–Trinajstić information content (AvgIpc) is 3.01. The van der Waals surface area contributed by atoms with Gasteiger partial charge in [0.25, 0.3) is 0 Å². The smallest absolute Gasteiger partial charge is 0.191 e. The molecular formula is C19H21ClN4. The fourth-order valence-corrected chi connectivity index (χ4v) is 2.85. The minimum Gasteiger partial charge on any atom is -0.361 e. The van der Waals surface area contributed by atoms with Gasteiger partial charge in [-0.05, 0) is 35.7 Å². The van der Waals surface area contributed by atoms with Crippen molar-refractivity contribution in [1.29, 1.82) is 0 Å². The van der Waals surface area contributed by atoms with Crippen molar-refractivity contribution in [2.45, 2.75) is 13.0 Å². The van der Waals surface area contributed by atoms with Crippen LogP contribution >= 0.6 is 11.6 Å². The van der Waals surface area contributed by atoms with Gasteiger partial charge in [0.2, 0.25) is 0 Å². The molecule has 0 saturated heterocycles. The molecule has 0 aliphatic rings. The molecule has 2 aromatic carbocycles. The van der Waals surface area contributed by atoms with E-state index in [1.165, 1.54) is 16.5 Å². The molecule has 0 bridgehead atoms. The lowest BCUT2D eigenvalue weighted by Crippen LogP contribution is -2.37. The summed E-state index contributed by atoms with van der Waals surface area (Å²) >= 11 is 6.10. The zero-order valence-electron chi connectivity index (χ0n) is 13.6. The van der Waals surface area contributed by atoms with Gasteiger partial charge in [-0.15, -0.1) is 0 Å². The summed E-state index contributed by atoms with van der Waals surface area (Å²) in [5.74, 6) is 0.803. The number of aliphatic imine (C=N–C) groups is 1. The number of benzene rings is 2. The predicted octanol–water partition coefficient (Wildman–Crippen LogP) is 3.73. The van der Waals surface area contributed by atoms with E-state index in [1.54, 1.807) is 7.05 Å². The Kier molecular flexibility index (Phi) is 5.39. The Balaban J connectivity index is 1.53. The molecule has 0 spiro atoms. The molecule has 3 rings (SSSR count). The number of nitrogens with zero attached hydrogens (tertiary/aromatic N) is 1. The molecule has 0 amide bonds. The first-order chi connectivity index (χ1) is 11.8. The maximum atomic E-state index is 6.10. The van der Waals surface area contributed by atoms with Crippen molar-refractivity contribution in [3.63, 3.8) is 0 Å². The molecule has 3 aromatic rings. The van der Waals surface area contributed by atoms with Crippen molar-refractivity contribution in [3.05, 3.63) is 70.9 Å². The molecule has 124 valence electrons. The molecule has 1 aromatic heterocycles. The standard InChI is InChI=1S/C19H21ClN4/c1-21-19(24-12-14-5-3-2-4-6-14)22-10-9-15-13-23-18-8-7-16(20)11-17(15)18/h2-8,11,13,23H,9-10,12H2,1H3,(H2,21,22,24). The highest BCUT2D eigenvalue weighted by molar-refractivity contribution is 6.31. The lowest BCUT2D eigenvalue weighted by atomic mass is 10.1. The van der Waals surface area contributed by atoms with Crippen LogP contribution in [0.2, 0.25) is 5.02 Å². The summed E-state index contributed by atoms with van der Waals surface area (Å²) < 4.78 is 0. The zero-order valence-corrected chi connectivity index (χ0v) is 14.4. The van der Waals surface area contributed by atoms with Gasteiger partial charge in [0.1, 0.15) is 0 Å². The van der Waals surface area contributed by atoms with Gasteiger partial charge in [0.15, 0.2) is 5.96 Å². The van der Waals surface area contributed by atoms with Crippen LogP contribution in [0.4, 0.5) is 0 Å². The van der Waals surface area contributed by atoms with E-state index in [1.807, 2.05) is 42.6 Å². The van der Waals surface area contributed by atoms with Gasteiger partial charge in [-0.25, -0.2) is 0 Å². The van der Waals surface area contributed by atoms with Crippen molar-refractivity contribution >= 4 is 28.5 Å². The van der Waals surface area contributed by atoms with E-state index < -0.39 is 0 Å². The third-order valence-corrected chi connectivity index (χ3v) is 4.18. The molecule has 0 saturated carbocycles. The highest BCUT2D eigenvalue weighted by atomic mass is 35.5. The lowest BCUT2D eigenvalue weighted by molar-refractivity contribution is 0.796. The van der Waals surface area contributed by atoms with Crippen LogP contribution in [0.3, 0.4) is 0 Å². The molecule has 5 heteroatoms. The number of hydrogen-bond donors (Lipinski definition) is 3. The first-order valence-corrected chi connectivity index (χ1v) is 8.38. The Labute approximate surface area is 147 Å². The fraction of sp³-hybridized carbons (Fsp3) is 0.211. The van der Waals surface area contributed by atoms with Gasteiger partial charge < -0.3 is 15.6 Å². The van der Waals surface area contributed by atoms with Crippen molar-refractivity contribution in [3.8, 4) is 0 Å². The molecule has 0 radical (unpaired) electrons. The zero-order chi connectivity index (χ0) is 16.8. The van der Waals surface area contributed by atoms with Crippen LogP contribution in [0.25, 0.3) is 10.9 Å². The molecule has 4 nitrogen and oxygen atoms in total. The second-order valence-corrected chi connectivity index (χ2v) is 6.03. The highest BCUT2D eigenvalue weighted by Gasteiger charge is 2.05. The minimum atomic E-state index is 0.753. The van der Waals surface area contributed by atoms with E-state index in [9.17, 15) is 0 Å². The predicted molar refractivity (Wildman–Crippen MR) is 102 cm³/mol. The van der Waals surface area contributed by atoms with E-state index >= 15 is 0 Å². The monoisotopic (exact) mass is 340 g/mol. The van der Waals surface area contributed by atoms with E-state index in [0.29, 0.717) is 0 Å². The summed E-state index contributed by atoms with van der Waals surface area (Å²) in [5.41, 5.74) is 3.59. The quantitative estimate of drug-likeness (QED) is 0.489. The van der Waals surface area contributed by atoms with Gasteiger partial charge in [0, 0.05) is 42.3 Å². The minimum absolute atomic E-state index is 0.753. The maximum Gasteiger partial charge on any atom is 0.191 e. The highest BCUT2D eigenvalue weighted by Crippen LogP contribution is 2.22. The SMILES string of the molecule is CN=C(NCCc1c[nH]c2ccc(Cl)cc12)NCc1ccccc1. The second-order valence-electron chi connectivity index (χ2n) is 5.59. The van der Waals surface area contributed by atoms with Gasteiger partial charge in [-0.3, -0.25) is 4.99 Å². The third-order valence-electron chi connectivity index (χ3n) is 3.94. The summed E-state index contributed by atoms with van der Waals surface area (Å²) in [6.07, 6.45) is 2.94. The number of halogens is 1. The van der Waals surface area contributed by atoms with Crippen LogP contribution in [-0.2, 0) is 13.0 Å². The van der Waals surface area contributed by atoms with Crippen LogP contribution in [-0.4, -0.2) is 24.5 Å². The van der Waals surface area contributed by atoms with Gasteiger partial charge in [-0.2, -0.15) is 0 Å². The van der Waals surface area contributed by atoms with Crippen LogP contribution < -0.4 is 10.6 Å². The van der Waals surface area contributed by atoms with Crippen molar-refractivity contribution in [1.82, 2.24) is 15.6 Å². The summed E-state index contributed by atoms with van der Waals surface area (Å²) in [5, 5.41) is 8.61. The first kappa shape index (κ1) is 16.4. The molecule has 3 N–H and O–H groups in total. The number of aromatic nitrogens is 1. The Morgan fingerprint density at radius 3 is 2.75 bits per heavy atom. The number of fused-ring (bicyclic) bond motifs is 1. The number of rotatable bonds is 5. The van der Waals surface area contributed by atoms with E-state index in [4.69, 9.17) is 11.6 Å². The molecule has 0 aliphatic heterocycles. The number of aromatic amines is 1. The maximum absolute atomic E-state index is 6.10. The molecule has 0 unspecified atom stereocenters. The first-order valence-electron chi connectivity index (χ1n) is 8.00. The number of H-pyrrole nitrogens is 1. The summed E-state index contributed by atoms with van der Waals surface area (Å²) in [6.45, 7) is 1.55. The van der Waals surface area contributed by atoms with Crippen molar-refractivity contribution in [2.75, 3.05) is 13.6 Å². The van der Waals surface area contributed by atoms with Gasteiger partial charge in [-0.1, -0.05) is 41.9 Å². The molecule has 1 heterocycles. The Morgan fingerprint density at radius 1 is 1.12 bits per heavy atom. The number of nitrogens with one attached hydrogen (secondary N) is 3. The fourth-order valence-electron chi connectivity index (χ4n) is 2.68.